The van der Waals surface area contributed by atoms with Crippen molar-refractivity contribution in [2.75, 3.05) is 16.8 Å². The molecule has 3 heterocycles. The highest BCUT2D eigenvalue weighted by Crippen LogP contribution is 2.34. The lowest BCUT2D eigenvalue weighted by molar-refractivity contribution is 0.536. The van der Waals surface area contributed by atoms with E-state index < -0.39 is 9.84 Å². The number of halogens is 1. The fourth-order valence-corrected chi connectivity index (χ4v) is 6.25. The van der Waals surface area contributed by atoms with Crippen LogP contribution in [-0.2, 0) is 16.4 Å². The van der Waals surface area contributed by atoms with Crippen molar-refractivity contribution in [2.24, 2.45) is 0 Å². The standard InChI is InChI=1S/C20H22FN3O2S2/c1-13-9-18(14(2)24(13)17-7-8-28(25,26)12-17)19-11-27-20(23-19)22-10-15-3-5-16(21)6-4-15/h3-6,9,11,17H,7-8,10,12H2,1-2H3,(H,22,23). The van der Waals surface area contributed by atoms with Gasteiger partial charge in [0.05, 0.1) is 17.2 Å². The second-order valence-electron chi connectivity index (χ2n) is 7.23. The van der Waals surface area contributed by atoms with Crippen LogP contribution < -0.4 is 5.32 Å². The number of aryl methyl sites for hydroxylation is 1. The summed E-state index contributed by atoms with van der Waals surface area (Å²) < 4.78 is 38.9. The first kappa shape index (κ1) is 19.1. The van der Waals surface area contributed by atoms with E-state index in [9.17, 15) is 12.8 Å². The molecule has 8 heteroatoms. The Morgan fingerprint density at radius 3 is 2.71 bits per heavy atom. The number of nitrogens with zero attached hydrogens (tertiary/aromatic N) is 2. The molecule has 1 unspecified atom stereocenters. The summed E-state index contributed by atoms with van der Waals surface area (Å²) in [6.07, 6.45) is 0.666. The highest BCUT2D eigenvalue weighted by atomic mass is 32.2. The summed E-state index contributed by atoms with van der Waals surface area (Å²) in [4.78, 5) is 4.69. The molecule has 1 aliphatic rings. The van der Waals surface area contributed by atoms with E-state index in [1.54, 1.807) is 12.1 Å². The third-order valence-electron chi connectivity index (χ3n) is 5.20. The van der Waals surface area contributed by atoms with Crippen LogP contribution in [0.3, 0.4) is 0 Å². The molecule has 1 aromatic carbocycles. The minimum Gasteiger partial charge on any atom is -0.357 e. The van der Waals surface area contributed by atoms with Crippen LogP contribution in [0.25, 0.3) is 11.3 Å². The molecular weight excluding hydrogens is 397 g/mol. The van der Waals surface area contributed by atoms with E-state index in [2.05, 4.69) is 20.9 Å². The van der Waals surface area contributed by atoms with Crippen LogP contribution in [0.1, 0.15) is 29.4 Å². The van der Waals surface area contributed by atoms with Crippen LogP contribution in [0.4, 0.5) is 9.52 Å². The number of hydrogen-bond donors (Lipinski definition) is 1. The van der Waals surface area contributed by atoms with Gasteiger partial charge < -0.3 is 9.88 Å². The maximum atomic E-state index is 13.0. The Hall–Kier alpha value is -2.19. The molecule has 148 valence electrons. The third kappa shape index (κ3) is 3.84. The molecule has 1 N–H and O–H groups in total. The van der Waals surface area contributed by atoms with E-state index in [-0.39, 0.29) is 23.4 Å². The molecule has 1 saturated heterocycles. The first-order valence-electron chi connectivity index (χ1n) is 9.15. The number of anilines is 1. The van der Waals surface area contributed by atoms with Crippen LogP contribution in [-0.4, -0.2) is 29.5 Å². The maximum Gasteiger partial charge on any atom is 0.183 e. The molecule has 0 radical (unpaired) electrons. The van der Waals surface area contributed by atoms with Gasteiger partial charge in [0, 0.05) is 34.9 Å². The highest BCUT2D eigenvalue weighted by Gasteiger charge is 2.31. The van der Waals surface area contributed by atoms with Gasteiger partial charge in [0.2, 0.25) is 0 Å². The summed E-state index contributed by atoms with van der Waals surface area (Å²) in [6, 6.07) is 8.48. The molecule has 28 heavy (non-hydrogen) atoms. The van der Waals surface area contributed by atoms with Crippen LogP contribution in [0.5, 0.6) is 0 Å². The van der Waals surface area contributed by atoms with Crippen molar-refractivity contribution < 1.29 is 12.8 Å². The van der Waals surface area contributed by atoms with Crippen molar-refractivity contribution in [3.05, 3.63) is 58.5 Å². The van der Waals surface area contributed by atoms with Crippen LogP contribution in [0.2, 0.25) is 0 Å². The number of rotatable bonds is 5. The number of benzene rings is 1. The van der Waals surface area contributed by atoms with Gasteiger partial charge in [0.15, 0.2) is 15.0 Å². The van der Waals surface area contributed by atoms with Crippen molar-refractivity contribution in [1.29, 1.82) is 0 Å². The van der Waals surface area contributed by atoms with Crippen molar-refractivity contribution in [3.8, 4) is 11.3 Å². The Bertz CT molecular complexity index is 1100. The van der Waals surface area contributed by atoms with E-state index >= 15 is 0 Å². The fraction of sp³-hybridized carbons (Fsp3) is 0.350. The number of sulfone groups is 1. The molecule has 0 spiro atoms. The molecule has 5 nitrogen and oxygen atoms in total. The van der Waals surface area contributed by atoms with Crippen molar-refractivity contribution >= 4 is 26.3 Å². The molecule has 1 aliphatic heterocycles. The minimum absolute atomic E-state index is 0.00783. The topological polar surface area (TPSA) is 64.0 Å². The molecule has 1 atom stereocenters. The molecule has 2 aromatic heterocycles. The summed E-state index contributed by atoms with van der Waals surface area (Å²) in [7, 11) is -2.93. The average Bonchev–Trinajstić information content (AvgIpc) is 3.32. The quantitative estimate of drug-likeness (QED) is 0.668. The molecule has 0 amide bonds. The summed E-state index contributed by atoms with van der Waals surface area (Å²) >= 11 is 1.52. The summed E-state index contributed by atoms with van der Waals surface area (Å²) in [5, 5.41) is 6.08. The van der Waals surface area contributed by atoms with Gasteiger partial charge in [-0.1, -0.05) is 12.1 Å². The van der Waals surface area contributed by atoms with Crippen molar-refractivity contribution in [2.45, 2.75) is 32.9 Å². The Morgan fingerprint density at radius 2 is 2.04 bits per heavy atom. The van der Waals surface area contributed by atoms with E-state index in [4.69, 9.17) is 0 Å². The average molecular weight is 420 g/mol. The predicted octanol–water partition coefficient (Wildman–Crippen LogP) is 4.34. The molecular formula is C20H22FN3O2S2. The maximum absolute atomic E-state index is 13.0. The first-order chi connectivity index (χ1) is 13.3. The molecule has 0 saturated carbocycles. The second kappa shape index (κ2) is 7.33. The summed E-state index contributed by atoms with van der Waals surface area (Å²) in [6.45, 7) is 4.62. The monoisotopic (exact) mass is 419 g/mol. The number of thiazole rings is 1. The largest absolute Gasteiger partial charge is 0.357 e. The Kier molecular flexibility index (Phi) is 5.01. The van der Waals surface area contributed by atoms with Crippen LogP contribution in [0, 0.1) is 19.7 Å². The lowest BCUT2D eigenvalue weighted by Crippen LogP contribution is -2.13. The molecule has 4 rings (SSSR count). The molecule has 3 aromatic rings. The van der Waals surface area contributed by atoms with Gasteiger partial charge in [-0.05, 0) is 44.0 Å². The third-order valence-corrected chi connectivity index (χ3v) is 7.75. The van der Waals surface area contributed by atoms with E-state index in [0.717, 1.165) is 33.3 Å². The van der Waals surface area contributed by atoms with Gasteiger partial charge in [0.1, 0.15) is 5.82 Å². The van der Waals surface area contributed by atoms with Crippen molar-refractivity contribution in [1.82, 2.24) is 9.55 Å². The lowest BCUT2D eigenvalue weighted by Gasteiger charge is -2.16. The minimum atomic E-state index is -2.93. The molecule has 1 fully saturated rings. The number of aromatic nitrogens is 2. The zero-order valence-electron chi connectivity index (χ0n) is 15.8. The fourth-order valence-electron chi connectivity index (χ4n) is 3.84. The smallest absolute Gasteiger partial charge is 0.183 e. The molecule has 0 aliphatic carbocycles. The normalized spacial score (nSPS) is 18.5. The van der Waals surface area contributed by atoms with Crippen molar-refractivity contribution in [3.63, 3.8) is 0 Å². The van der Waals surface area contributed by atoms with Gasteiger partial charge in [-0.2, -0.15) is 0 Å². The zero-order chi connectivity index (χ0) is 19.9. The first-order valence-corrected chi connectivity index (χ1v) is 11.9. The van der Waals surface area contributed by atoms with Gasteiger partial charge in [0.25, 0.3) is 0 Å². The number of hydrogen-bond acceptors (Lipinski definition) is 5. The number of nitrogens with one attached hydrogen (secondary N) is 1. The Morgan fingerprint density at radius 1 is 1.29 bits per heavy atom. The highest BCUT2D eigenvalue weighted by molar-refractivity contribution is 7.91. The van der Waals surface area contributed by atoms with Gasteiger partial charge in [-0.25, -0.2) is 17.8 Å². The SMILES string of the molecule is Cc1cc(-c2csc(NCc3ccc(F)cc3)n2)c(C)n1C1CCS(=O)(=O)C1. The second-order valence-corrected chi connectivity index (χ2v) is 10.3. The molecule has 0 bridgehead atoms. The van der Waals surface area contributed by atoms with Gasteiger partial charge in [-0.3, -0.25) is 0 Å². The van der Waals surface area contributed by atoms with Gasteiger partial charge in [-0.15, -0.1) is 11.3 Å². The van der Waals surface area contributed by atoms with E-state index in [1.165, 1.54) is 23.5 Å². The summed E-state index contributed by atoms with van der Waals surface area (Å²) in [5.74, 6) is 0.230. The van der Waals surface area contributed by atoms with E-state index in [0.29, 0.717) is 13.0 Å². The predicted molar refractivity (Wildman–Crippen MR) is 111 cm³/mol. The Balaban J connectivity index is 1.52. The van der Waals surface area contributed by atoms with E-state index in [1.807, 2.05) is 19.2 Å². The summed E-state index contributed by atoms with van der Waals surface area (Å²) in [5.41, 5.74) is 5.01. The lowest BCUT2D eigenvalue weighted by atomic mass is 10.2. The Labute approximate surface area is 168 Å². The zero-order valence-corrected chi connectivity index (χ0v) is 17.4. The van der Waals surface area contributed by atoms with Crippen LogP contribution in [0.15, 0.2) is 35.7 Å². The van der Waals surface area contributed by atoms with Crippen LogP contribution >= 0.6 is 11.3 Å². The van der Waals surface area contributed by atoms with Gasteiger partial charge >= 0.3 is 0 Å².